The van der Waals surface area contributed by atoms with Crippen LogP contribution >= 0.6 is 0 Å². The van der Waals surface area contributed by atoms with Crippen molar-refractivity contribution in [3.8, 4) is 5.75 Å². The second-order valence-corrected chi connectivity index (χ2v) is 4.43. The number of nitrogens with one attached hydrogen (secondary N) is 1. The predicted octanol–water partition coefficient (Wildman–Crippen LogP) is 1.69. The monoisotopic (exact) mass is 256 g/mol. The van der Waals surface area contributed by atoms with E-state index in [2.05, 4.69) is 5.32 Å². The van der Waals surface area contributed by atoms with Crippen molar-refractivity contribution in [2.45, 2.75) is 5.92 Å². The molecule has 1 fully saturated rings. The van der Waals surface area contributed by atoms with Crippen molar-refractivity contribution in [1.29, 1.82) is 0 Å². The van der Waals surface area contributed by atoms with Crippen LogP contribution in [0.2, 0.25) is 0 Å². The predicted molar refractivity (Wildman–Crippen MR) is 66.2 cm³/mol. The summed E-state index contributed by atoms with van der Waals surface area (Å²) in [4.78, 5) is 1.78. The van der Waals surface area contributed by atoms with E-state index in [-0.39, 0.29) is 17.9 Å². The van der Waals surface area contributed by atoms with Gasteiger partial charge < -0.3 is 10.1 Å². The summed E-state index contributed by atoms with van der Waals surface area (Å²) in [5.41, 5.74) is -0.0361. The van der Waals surface area contributed by atoms with Gasteiger partial charge in [0.25, 0.3) is 5.92 Å². The van der Waals surface area contributed by atoms with Gasteiger partial charge >= 0.3 is 0 Å². The van der Waals surface area contributed by atoms with Crippen molar-refractivity contribution in [2.75, 3.05) is 39.8 Å². The number of methoxy groups -OCH3 is 1. The summed E-state index contributed by atoms with van der Waals surface area (Å²) < 4.78 is 33.5. The first-order valence-electron chi connectivity index (χ1n) is 6.08. The molecule has 0 saturated carbocycles. The van der Waals surface area contributed by atoms with Crippen LogP contribution < -0.4 is 10.1 Å². The van der Waals surface area contributed by atoms with Crippen LogP contribution in [0.3, 0.4) is 0 Å². The van der Waals surface area contributed by atoms with Gasteiger partial charge in [-0.25, -0.2) is 0 Å². The number of ether oxygens (including phenoxy) is 1. The van der Waals surface area contributed by atoms with E-state index in [1.807, 2.05) is 0 Å². The molecule has 0 atom stereocenters. The molecule has 3 nitrogen and oxygen atoms in total. The van der Waals surface area contributed by atoms with Crippen molar-refractivity contribution >= 4 is 0 Å². The van der Waals surface area contributed by atoms with Gasteiger partial charge in [0.15, 0.2) is 0 Å². The molecular formula is C13H18F2N2O. The van der Waals surface area contributed by atoms with Gasteiger partial charge in [-0.1, -0.05) is 12.1 Å². The van der Waals surface area contributed by atoms with E-state index in [4.69, 9.17) is 4.74 Å². The maximum atomic E-state index is 14.2. The Kier molecular flexibility index (Phi) is 4.14. The van der Waals surface area contributed by atoms with Crippen LogP contribution in [0.1, 0.15) is 5.56 Å². The number of halogens is 2. The molecule has 100 valence electrons. The lowest BCUT2D eigenvalue weighted by molar-refractivity contribution is -0.0416. The van der Waals surface area contributed by atoms with Crippen LogP contribution in [-0.2, 0) is 5.92 Å². The largest absolute Gasteiger partial charge is 0.496 e. The van der Waals surface area contributed by atoms with Crippen molar-refractivity contribution < 1.29 is 13.5 Å². The minimum absolute atomic E-state index is 0.0361. The molecular weight excluding hydrogens is 238 g/mol. The fraction of sp³-hybridized carbons (Fsp3) is 0.538. The summed E-state index contributed by atoms with van der Waals surface area (Å²) in [6, 6.07) is 6.31. The molecule has 0 aliphatic carbocycles. The van der Waals surface area contributed by atoms with E-state index in [0.717, 1.165) is 13.1 Å². The molecule has 5 heteroatoms. The van der Waals surface area contributed by atoms with Gasteiger partial charge in [-0.05, 0) is 12.1 Å². The highest BCUT2D eigenvalue weighted by Gasteiger charge is 2.36. The molecule has 1 saturated heterocycles. The number of para-hydroxylation sites is 1. The van der Waals surface area contributed by atoms with Crippen LogP contribution in [0.4, 0.5) is 8.78 Å². The summed E-state index contributed by atoms with van der Waals surface area (Å²) in [6.07, 6.45) is 0. The van der Waals surface area contributed by atoms with E-state index in [1.165, 1.54) is 13.2 Å². The highest BCUT2D eigenvalue weighted by atomic mass is 19.3. The van der Waals surface area contributed by atoms with Gasteiger partial charge in [0.1, 0.15) is 5.75 Å². The first-order chi connectivity index (χ1) is 8.63. The SMILES string of the molecule is COc1ccccc1C(F)(F)CN1CCNCC1. The Morgan fingerprint density at radius 2 is 1.94 bits per heavy atom. The minimum Gasteiger partial charge on any atom is -0.496 e. The average molecular weight is 256 g/mol. The lowest BCUT2D eigenvalue weighted by Crippen LogP contribution is -2.47. The second kappa shape index (κ2) is 5.63. The van der Waals surface area contributed by atoms with Crippen molar-refractivity contribution in [3.05, 3.63) is 29.8 Å². The fourth-order valence-corrected chi connectivity index (χ4v) is 2.18. The van der Waals surface area contributed by atoms with Gasteiger partial charge in [-0.3, -0.25) is 4.90 Å². The van der Waals surface area contributed by atoms with Crippen LogP contribution in [0.25, 0.3) is 0 Å². The summed E-state index contributed by atoms with van der Waals surface area (Å²) in [7, 11) is 1.42. The molecule has 0 amide bonds. The zero-order chi connectivity index (χ0) is 13.0. The van der Waals surface area contributed by atoms with E-state index in [1.54, 1.807) is 23.1 Å². The Morgan fingerprint density at radius 3 is 2.61 bits per heavy atom. The average Bonchev–Trinajstić information content (AvgIpc) is 2.39. The highest BCUT2D eigenvalue weighted by molar-refractivity contribution is 5.36. The Balaban J connectivity index is 2.13. The zero-order valence-electron chi connectivity index (χ0n) is 10.5. The number of benzene rings is 1. The molecule has 0 radical (unpaired) electrons. The Hall–Kier alpha value is -1.20. The maximum absolute atomic E-state index is 14.2. The number of piperazine rings is 1. The molecule has 1 aliphatic rings. The first kappa shape index (κ1) is 13.2. The first-order valence-corrected chi connectivity index (χ1v) is 6.08. The zero-order valence-corrected chi connectivity index (χ0v) is 10.5. The molecule has 0 aromatic heterocycles. The number of hydrogen-bond acceptors (Lipinski definition) is 3. The maximum Gasteiger partial charge on any atom is 0.289 e. The number of hydrogen-bond donors (Lipinski definition) is 1. The van der Waals surface area contributed by atoms with E-state index < -0.39 is 5.92 Å². The molecule has 1 heterocycles. The molecule has 1 N–H and O–H groups in total. The Labute approximate surface area is 106 Å². The summed E-state index contributed by atoms with van der Waals surface area (Å²) in [5.74, 6) is -2.64. The summed E-state index contributed by atoms with van der Waals surface area (Å²) in [6.45, 7) is 2.59. The number of nitrogens with zero attached hydrogens (tertiary/aromatic N) is 1. The Bertz CT molecular complexity index is 392. The third kappa shape index (κ3) is 2.97. The summed E-state index contributed by atoms with van der Waals surface area (Å²) in [5, 5.41) is 3.15. The molecule has 1 aromatic carbocycles. The van der Waals surface area contributed by atoms with Crippen molar-refractivity contribution in [3.63, 3.8) is 0 Å². The van der Waals surface area contributed by atoms with Gasteiger partial charge in [0.2, 0.25) is 0 Å². The molecule has 2 rings (SSSR count). The van der Waals surface area contributed by atoms with Gasteiger partial charge in [0, 0.05) is 26.2 Å². The molecule has 1 aliphatic heterocycles. The van der Waals surface area contributed by atoms with Crippen molar-refractivity contribution in [1.82, 2.24) is 10.2 Å². The third-order valence-electron chi connectivity index (χ3n) is 3.13. The number of alkyl halides is 2. The van der Waals surface area contributed by atoms with Crippen LogP contribution in [0.5, 0.6) is 5.75 Å². The number of rotatable bonds is 4. The topological polar surface area (TPSA) is 24.5 Å². The third-order valence-corrected chi connectivity index (χ3v) is 3.13. The van der Waals surface area contributed by atoms with Gasteiger partial charge in [0.05, 0.1) is 19.2 Å². The quantitative estimate of drug-likeness (QED) is 0.887. The smallest absolute Gasteiger partial charge is 0.289 e. The van der Waals surface area contributed by atoms with E-state index >= 15 is 0 Å². The van der Waals surface area contributed by atoms with E-state index in [0.29, 0.717) is 13.1 Å². The molecule has 0 bridgehead atoms. The minimum atomic E-state index is -2.88. The highest BCUT2D eigenvalue weighted by Crippen LogP contribution is 2.35. The van der Waals surface area contributed by atoms with Crippen LogP contribution in [-0.4, -0.2) is 44.7 Å². The summed E-state index contributed by atoms with van der Waals surface area (Å²) >= 11 is 0. The normalized spacial score (nSPS) is 17.7. The van der Waals surface area contributed by atoms with E-state index in [9.17, 15) is 8.78 Å². The fourth-order valence-electron chi connectivity index (χ4n) is 2.18. The van der Waals surface area contributed by atoms with Gasteiger partial charge in [-0.2, -0.15) is 8.78 Å². The second-order valence-electron chi connectivity index (χ2n) is 4.43. The van der Waals surface area contributed by atoms with Crippen LogP contribution in [0.15, 0.2) is 24.3 Å². The lowest BCUT2D eigenvalue weighted by atomic mass is 10.1. The van der Waals surface area contributed by atoms with Crippen LogP contribution in [0, 0.1) is 0 Å². The Morgan fingerprint density at radius 1 is 1.28 bits per heavy atom. The van der Waals surface area contributed by atoms with Gasteiger partial charge in [-0.15, -0.1) is 0 Å². The lowest BCUT2D eigenvalue weighted by Gasteiger charge is -2.31. The molecule has 18 heavy (non-hydrogen) atoms. The van der Waals surface area contributed by atoms with Crippen molar-refractivity contribution in [2.24, 2.45) is 0 Å². The molecule has 0 unspecified atom stereocenters. The standard InChI is InChI=1S/C13H18F2N2O/c1-18-12-5-3-2-4-11(12)13(14,15)10-17-8-6-16-7-9-17/h2-5,16H,6-10H2,1H3. The molecule has 0 spiro atoms. The molecule has 1 aromatic rings.